The lowest BCUT2D eigenvalue weighted by Gasteiger charge is -2.23. The molecule has 0 aliphatic rings. The van der Waals surface area contributed by atoms with Crippen molar-refractivity contribution in [2.24, 2.45) is 0 Å². The van der Waals surface area contributed by atoms with E-state index < -0.39 is 8.80 Å². The van der Waals surface area contributed by atoms with Gasteiger partial charge in [-0.25, -0.2) is 4.79 Å². The third-order valence-corrected chi connectivity index (χ3v) is 4.94. The smallest absolute Gasteiger partial charge is 0.463 e. The first-order chi connectivity index (χ1) is 7.64. The molecule has 94 valence electrons. The van der Waals surface area contributed by atoms with E-state index in [0.717, 1.165) is 0 Å². The summed E-state index contributed by atoms with van der Waals surface area (Å²) in [5.41, 5.74) is 0. The third-order valence-electron chi connectivity index (χ3n) is 2.11. The van der Waals surface area contributed by atoms with Gasteiger partial charge in [-0.3, -0.25) is 0 Å². The van der Waals surface area contributed by atoms with E-state index in [1.165, 1.54) is 6.08 Å². The fourth-order valence-electron chi connectivity index (χ4n) is 1.20. The molecule has 6 heteroatoms. The zero-order valence-corrected chi connectivity index (χ0v) is 11.3. The van der Waals surface area contributed by atoms with Crippen LogP contribution < -0.4 is 0 Å². The van der Waals surface area contributed by atoms with Crippen molar-refractivity contribution in [3.63, 3.8) is 0 Å². The van der Waals surface area contributed by atoms with Crippen molar-refractivity contribution < 1.29 is 22.8 Å². The number of rotatable bonds is 8. The Labute approximate surface area is 97.7 Å². The summed E-state index contributed by atoms with van der Waals surface area (Å²) in [5.74, 6) is -0.331. The van der Waals surface area contributed by atoms with Gasteiger partial charge in [-0.2, -0.15) is 0 Å². The van der Waals surface area contributed by atoms with Crippen LogP contribution in [0.5, 0.6) is 0 Å². The van der Waals surface area contributed by atoms with E-state index in [1.807, 2.05) is 0 Å². The molecular weight excluding hydrogens is 228 g/mol. The second-order valence-corrected chi connectivity index (χ2v) is 6.16. The van der Waals surface area contributed by atoms with Crippen LogP contribution in [0.1, 0.15) is 13.3 Å². The lowest BCUT2D eigenvalue weighted by atomic mass is 10.5. The number of hydrogen-bond donors (Lipinski definition) is 0. The topological polar surface area (TPSA) is 54.0 Å². The molecule has 0 rings (SSSR count). The molecule has 0 aliphatic heterocycles. The van der Waals surface area contributed by atoms with Crippen molar-refractivity contribution in [3.05, 3.63) is 12.2 Å². The molecule has 0 bridgehead atoms. The van der Waals surface area contributed by atoms with E-state index in [1.54, 1.807) is 34.3 Å². The van der Waals surface area contributed by atoms with E-state index in [-0.39, 0.29) is 5.97 Å². The van der Waals surface area contributed by atoms with Crippen LogP contribution in [0.2, 0.25) is 6.04 Å². The van der Waals surface area contributed by atoms with Crippen LogP contribution >= 0.6 is 0 Å². The van der Waals surface area contributed by atoms with Crippen molar-refractivity contribution in [1.82, 2.24) is 0 Å². The Bertz CT molecular complexity index is 217. The number of ether oxygens (including phenoxy) is 1. The predicted octanol–water partition coefficient (Wildman–Crippen LogP) is 1.37. The molecule has 0 radical (unpaired) electrons. The van der Waals surface area contributed by atoms with Gasteiger partial charge in [0, 0.05) is 33.4 Å². The molecule has 0 spiro atoms. The fraction of sp³-hybridized carbons (Fsp3) is 0.700. The first-order valence-electron chi connectivity index (χ1n) is 5.09. The predicted molar refractivity (Wildman–Crippen MR) is 62.0 cm³/mol. The molecule has 0 heterocycles. The van der Waals surface area contributed by atoms with Crippen molar-refractivity contribution in [2.75, 3.05) is 27.9 Å². The van der Waals surface area contributed by atoms with Crippen molar-refractivity contribution >= 4 is 14.8 Å². The molecule has 0 aromatic carbocycles. The second-order valence-electron chi connectivity index (χ2n) is 3.07. The van der Waals surface area contributed by atoms with Gasteiger partial charge in [0.15, 0.2) is 0 Å². The van der Waals surface area contributed by atoms with Gasteiger partial charge in [-0.15, -0.1) is 0 Å². The Morgan fingerprint density at radius 3 is 2.19 bits per heavy atom. The highest BCUT2D eigenvalue weighted by Crippen LogP contribution is 2.14. The molecule has 5 nitrogen and oxygen atoms in total. The molecule has 0 saturated heterocycles. The van der Waals surface area contributed by atoms with Gasteiger partial charge in [-0.05, 0) is 13.3 Å². The van der Waals surface area contributed by atoms with Crippen LogP contribution in [0.25, 0.3) is 0 Å². The maximum atomic E-state index is 11.0. The summed E-state index contributed by atoms with van der Waals surface area (Å²) in [6.45, 7) is 2.11. The fourth-order valence-corrected chi connectivity index (χ4v) is 2.89. The number of hydrogen-bond acceptors (Lipinski definition) is 5. The van der Waals surface area contributed by atoms with E-state index in [4.69, 9.17) is 18.0 Å². The molecule has 0 amide bonds. The van der Waals surface area contributed by atoms with E-state index >= 15 is 0 Å². The minimum atomic E-state index is -2.52. The summed E-state index contributed by atoms with van der Waals surface area (Å²) in [6, 6.07) is 0.625. The minimum absolute atomic E-state index is 0.331. The average molecular weight is 248 g/mol. The largest absolute Gasteiger partial charge is 0.500 e. The first kappa shape index (κ1) is 15.3. The SMILES string of the molecule is C/C=C/C(=O)OCCC[Si](OC)(OC)OC. The summed E-state index contributed by atoms with van der Waals surface area (Å²) < 4.78 is 20.6. The lowest BCUT2D eigenvalue weighted by molar-refractivity contribution is -0.137. The molecular formula is C10H20O5Si. The Kier molecular flexibility index (Phi) is 8.09. The Morgan fingerprint density at radius 2 is 1.75 bits per heavy atom. The Hall–Kier alpha value is -0.693. The van der Waals surface area contributed by atoms with Gasteiger partial charge in [0.05, 0.1) is 6.61 Å². The summed E-state index contributed by atoms with van der Waals surface area (Å²) in [6.07, 6.45) is 3.68. The van der Waals surface area contributed by atoms with E-state index in [9.17, 15) is 4.79 Å². The molecule has 0 saturated carbocycles. The third kappa shape index (κ3) is 5.41. The average Bonchev–Trinajstić information content (AvgIpc) is 2.31. The summed E-state index contributed by atoms with van der Waals surface area (Å²) in [4.78, 5) is 11.0. The first-order valence-corrected chi connectivity index (χ1v) is 7.02. The molecule has 0 atom stereocenters. The van der Waals surface area contributed by atoms with Crippen LogP contribution in [0, 0.1) is 0 Å². The number of carbonyl (C=O) groups excluding carboxylic acids is 1. The highest BCUT2D eigenvalue weighted by molar-refractivity contribution is 6.60. The zero-order valence-electron chi connectivity index (χ0n) is 10.3. The molecule has 0 fully saturated rings. The van der Waals surface area contributed by atoms with Gasteiger partial charge in [-0.1, -0.05) is 6.08 Å². The van der Waals surface area contributed by atoms with Crippen molar-refractivity contribution in [1.29, 1.82) is 0 Å². The quantitative estimate of drug-likeness (QED) is 0.281. The van der Waals surface area contributed by atoms with E-state index in [2.05, 4.69) is 0 Å². The molecule has 0 aliphatic carbocycles. The van der Waals surface area contributed by atoms with E-state index in [0.29, 0.717) is 19.1 Å². The Balaban J connectivity index is 3.83. The van der Waals surface area contributed by atoms with Gasteiger partial charge >= 0.3 is 14.8 Å². The molecule has 0 N–H and O–H groups in total. The van der Waals surface area contributed by atoms with Crippen LogP contribution in [-0.4, -0.2) is 42.7 Å². The normalized spacial score (nSPS) is 12.0. The maximum Gasteiger partial charge on any atom is 0.500 e. The van der Waals surface area contributed by atoms with Crippen LogP contribution in [-0.2, 0) is 22.8 Å². The van der Waals surface area contributed by atoms with Gasteiger partial charge in [0.1, 0.15) is 0 Å². The minimum Gasteiger partial charge on any atom is -0.463 e. The standard InChI is InChI=1S/C10H20O5Si/c1-5-7-10(11)15-8-6-9-16(12-2,13-3)14-4/h5,7H,6,8-9H2,1-4H3/b7-5+. The number of allylic oxidation sites excluding steroid dienone is 1. The van der Waals surface area contributed by atoms with Crippen LogP contribution in [0.15, 0.2) is 12.2 Å². The zero-order chi connectivity index (χ0) is 12.4. The molecule has 0 aromatic rings. The molecule has 0 aromatic heterocycles. The second kappa shape index (κ2) is 8.46. The highest BCUT2D eigenvalue weighted by Gasteiger charge is 2.36. The number of carbonyl (C=O) groups is 1. The van der Waals surface area contributed by atoms with Gasteiger partial charge < -0.3 is 18.0 Å². The Morgan fingerprint density at radius 1 is 1.19 bits per heavy atom. The number of esters is 1. The monoisotopic (exact) mass is 248 g/mol. The van der Waals surface area contributed by atoms with Crippen molar-refractivity contribution in [2.45, 2.75) is 19.4 Å². The van der Waals surface area contributed by atoms with Gasteiger partial charge in [0.2, 0.25) is 0 Å². The molecule has 0 unspecified atom stereocenters. The maximum absolute atomic E-state index is 11.0. The lowest BCUT2D eigenvalue weighted by Crippen LogP contribution is -2.42. The van der Waals surface area contributed by atoms with Crippen LogP contribution in [0.4, 0.5) is 0 Å². The summed E-state index contributed by atoms with van der Waals surface area (Å²) in [7, 11) is 2.16. The highest BCUT2D eigenvalue weighted by atomic mass is 28.4. The van der Waals surface area contributed by atoms with Crippen molar-refractivity contribution in [3.8, 4) is 0 Å². The van der Waals surface area contributed by atoms with Crippen LogP contribution in [0.3, 0.4) is 0 Å². The summed E-state index contributed by atoms with van der Waals surface area (Å²) in [5, 5.41) is 0. The molecule has 16 heavy (non-hydrogen) atoms. The van der Waals surface area contributed by atoms with Gasteiger partial charge in [0.25, 0.3) is 0 Å². The summed E-state index contributed by atoms with van der Waals surface area (Å²) >= 11 is 0.